The van der Waals surface area contributed by atoms with E-state index in [4.69, 9.17) is 6.42 Å². The molecule has 0 saturated heterocycles. The zero-order chi connectivity index (χ0) is 14.7. The molecule has 1 amide bonds. The molecule has 2 heterocycles. The topological polar surface area (TPSA) is 50.5 Å². The third-order valence-corrected chi connectivity index (χ3v) is 4.05. The Kier molecular flexibility index (Phi) is 3.87. The van der Waals surface area contributed by atoms with Gasteiger partial charge in [0.15, 0.2) is 5.65 Å². The van der Waals surface area contributed by atoms with Crippen molar-refractivity contribution in [3.8, 4) is 12.3 Å². The molecule has 21 heavy (non-hydrogen) atoms. The second-order valence-corrected chi connectivity index (χ2v) is 5.38. The number of amides is 1. The molecular weight excluding hydrogens is 264 g/mol. The third kappa shape index (κ3) is 2.62. The van der Waals surface area contributed by atoms with Gasteiger partial charge in [-0.3, -0.25) is 4.79 Å². The van der Waals surface area contributed by atoms with Crippen molar-refractivity contribution in [2.45, 2.75) is 38.1 Å². The van der Waals surface area contributed by atoms with Crippen molar-refractivity contribution in [2.75, 3.05) is 6.54 Å². The molecule has 0 aliphatic heterocycles. The number of fused-ring (bicyclic) bond motifs is 1. The van der Waals surface area contributed by atoms with Crippen LogP contribution in [0, 0.1) is 12.3 Å². The van der Waals surface area contributed by atoms with Crippen LogP contribution in [-0.4, -0.2) is 38.0 Å². The lowest BCUT2D eigenvalue weighted by atomic mass is 9.94. The summed E-state index contributed by atoms with van der Waals surface area (Å²) in [5, 5.41) is 4.18. The lowest BCUT2D eigenvalue weighted by molar-refractivity contribution is 0.0669. The summed E-state index contributed by atoms with van der Waals surface area (Å²) < 4.78 is 1.61. The molecule has 0 N–H and O–H groups in total. The number of carbonyl (C=O) groups is 1. The van der Waals surface area contributed by atoms with Crippen molar-refractivity contribution in [3.05, 3.63) is 30.2 Å². The molecule has 0 aromatic carbocycles. The summed E-state index contributed by atoms with van der Waals surface area (Å²) in [5.74, 6) is 2.55. The Morgan fingerprint density at radius 2 is 2.24 bits per heavy atom. The highest BCUT2D eigenvalue weighted by Gasteiger charge is 2.27. The van der Waals surface area contributed by atoms with E-state index in [-0.39, 0.29) is 11.9 Å². The van der Waals surface area contributed by atoms with E-state index >= 15 is 0 Å². The van der Waals surface area contributed by atoms with Gasteiger partial charge in [0.05, 0.1) is 12.7 Å². The second kappa shape index (κ2) is 5.96. The van der Waals surface area contributed by atoms with E-state index in [0.717, 1.165) is 25.7 Å². The standard InChI is InChI=1S/C16H18N4O/c1-2-10-19(13-7-4-3-5-8-13)16(21)14-12-18-20-11-6-9-17-15(14)20/h1,6,9,11-13H,3-5,7-8,10H2. The third-order valence-electron chi connectivity index (χ3n) is 4.05. The molecule has 0 unspecified atom stereocenters. The number of aromatic nitrogens is 3. The Labute approximate surface area is 124 Å². The molecule has 3 rings (SSSR count). The second-order valence-electron chi connectivity index (χ2n) is 5.38. The molecule has 2 aromatic rings. The van der Waals surface area contributed by atoms with E-state index in [9.17, 15) is 4.79 Å². The van der Waals surface area contributed by atoms with Gasteiger partial charge in [-0.15, -0.1) is 6.42 Å². The fraction of sp³-hybridized carbons (Fsp3) is 0.438. The fourth-order valence-corrected chi connectivity index (χ4v) is 2.99. The van der Waals surface area contributed by atoms with E-state index in [0.29, 0.717) is 17.8 Å². The first-order chi connectivity index (χ1) is 10.3. The molecule has 108 valence electrons. The first-order valence-corrected chi connectivity index (χ1v) is 7.34. The quantitative estimate of drug-likeness (QED) is 0.810. The highest BCUT2D eigenvalue weighted by Crippen LogP contribution is 2.24. The van der Waals surface area contributed by atoms with Crippen LogP contribution < -0.4 is 0 Å². The summed E-state index contributed by atoms with van der Waals surface area (Å²) in [5.41, 5.74) is 1.11. The molecule has 1 aliphatic rings. The number of hydrogen-bond donors (Lipinski definition) is 0. The van der Waals surface area contributed by atoms with Crippen LogP contribution in [0.3, 0.4) is 0 Å². The van der Waals surface area contributed by atoms with E-state index in [1.807, 2.05) is 4.90 Å². The van der Waals surface area contributed by atoms with Crippen molar-refractivity contribution in [2.24, 2.45) is 0 Å². The highest BCUT2D eigenvalue weighted by atomic mass is 16.2. The Morgan fingerprint density at radius 3 is 3.00 bits per heavy atom. The van der Waals surface area contributed by atoms with Gasteiger partial charge in [0.1, 0.15) is 5.56 Å². The molecule has 5 nitrogen and oxygen atoms in total. The highest BCUT2D eigenvalue weighted by molar-refractivity contribution is 5.99. The summed E-state index contributed by atoms with van der Waals surface area (Å²) in [7, 11) is 0. The molecule has 5 heteroatoms. The predicted molar refractivity (Wildman–Crippen MR) is 79.7 cm³/mol. The van der Waals surface area contributed by atoms with Gasteiger partial charge in [-0.25, -0.2) is 9.50 Å². The normalized spacial score (nSPS) is 15.8. The summed E-state index contributed by atoms with van der Waals surface area (Å²) in [4.78, 5) is 18.9. The van der Waals surface area contributed by atoms with Gasteiger partial charge < -0.3 is 4.90 Å². The Morgan fingerprint density at radius 1 is 1.43 bits per heavy atom. The maximum absolute atomic E-state index is 12.8. The predicted octanol–water partition coefficient (Wildman–Crippen LogP) is 2.14. The van der Waals surface area contributed by atoms with E-state index < -0.39 is 0 Å². The SMILES string of the molecule is C#CCN(C(=O)c1cnn2cccnc12)C1CCCCC1. The fourth-order valence-electron chi connectivity index (χ4n) is 2.99. The number of terminal acetylenes is 1. The molecule has 1 saturated carbocycles. The van der Waals surface area contributed by atoms with Crippen LogP contribution in [0.25, 0.3) is 5.65 Å². The molecule has 1 aliphatic carbocycles. The van der Waals surface area contributed by atoms with Gasteiger partial charge in [0.2, 0.25) is 0 Å². The van der Waals surface area contributed by atoms with Crippen LogP contribution in [0.15, 0.2) is 24.7 Å². The van der Waals surface area contributed by atoms with E-state index in [1.165, 1.54) is 6.42 Å². The first-order valence-electron chi connectivity index (χ1n) is 7.34. The zero-order valence-corrected chi connectivity index (χ0v) is 11.9. The number of hydrogen-bond acceptors (Lipinski definition) is 3. The van der Waals surface area contributed by atoms with Crippen LogP contribution >= 0.6 is 0 Å². The first kappa shape index (κ1) is 13.6. The van der Waals surface area contributed by atoms with Gasteiger partial charge in [0.25, 0.3) is 5.91 Å². The summed E-state index contributed by atoms with van der Waals surface area (Å²) in [6, 6.07) is 2.02. The maximum atomic E-state index is 12.8. The van der Waals surface area contributed by atoms with E-state index in [2.05, 4.69) is 16.0 Å². The lowest BCUT2D eigenvalue weighted by Crippen LogP contribution is -2.41. The van der Waals surface area contributed by atoms with Crippen LogP contribution in [0.4, 0.5) is 0 Å². The lowest BCUT2D eigenvalue weighted by Gasteiger charge is -2.32. The summed E-state index contributed by atoms with van der Waals surface area (Å²) in [6.45, 7) is 0.341. The van der Waals surface area contributed by atoms with Crippen molar-refractivity contribution < 1.29 is 4.79 Å². The average Bonchev–Trinajstić information content (AvgIpc) is 2.97. The molecule has 0 radical (unpaired) electrons. The molecule has 0 bridgehead atoms. The van der Waals surface area contributed by atoms with Crippen molar-refractivity contribution >= 4 is 11.6 Å². The molecule has 0 atom stereocenters. The largest absolute Gasteiger partial charge is 0.324 e. The van der Waals surface area contributed by atoms with Gasteiger partial charge >= 0.3 is 0 Å². The van der Waals surface area contributed by atoms with Gasteiger partial charge in [-0.1, -0.05) is 25.2 Å². The Hall–Kier alpha value is -2.35. The minimum absolute atomic E-state index is 0.0615. The van der Waals surface area contributed by atoms with E-state index in [1.54, 1.807) is 29.2 Å². The monoisotopic (exact) mass is 282 g/mol. The van der Waals surface area contributed by atoms with Crippen LogP contribution in [0.2, 0.25) is 0 Å². The van der Waals surface area contributed by atoms with Gasteiger partial charge in [0, 0.05) is 18.4 Å². The minimum atomic E-state index is -0.0615. The Bertz CT molecular complexity index is 679. The number of rotatable bonds is 3. The van der Waals surface area contributed by atoms with Gasteiger partial charge in [-0.2, -0.15) is 5.10 Å². The average molecular weight is 282 g/mol. The molecule has 2 aromatic heterocycles. The number of carbonyl (C=O) groups excluding carboxylic acids is 1. The molecule has 1 fully saturated rings. The van der Waals surface area contributed by atoms with Crippen molar-refractivity contribution in [1.82, 2.24) is 19.5 Å². The summed E-state index contributed by atoms with van der Waals surface area (Å²) >= 11 is 0. The van der Waals surface area contributed by atoms with Crippen LogP contribution in [0.1, 0.15) is 42.5 Å². The molecular formula is C16H18N4O. The van der Waals surface area contributed by atoms with Crippen molar-refractivity contribution in [1.29, 1.82) is 0 Å². The van der Waals surface area contributed by atoms with Crippen molar-refractivity contribution in [3.63, 3.8) is 0 Å². The molecule has 0 spiro atoms. The minimum Gasteiger partial charge on any atom is -0.324 e. The number of nitrogens with zero attached hydrogens (tertiary/aromatic N) is 4. The zero-order valence-electron chi connectivity index (χ0n) is 11.9. The summed E-state index contributed by atoms with van der Waals surface area (Å²) in [6.07, 6.45) is 16.1. The van der Waals surface area contributed by atoms with Gasteiger partial charge in [-0.05, 0) is 18.9 Å². The Balaban J connectivity index is 1.91. The maximum Gasteiger partial charge on any atom is 0.260 e. The smallest absolute Gasteiger partial charge is 0.260 e. The van der Waals surface area contributed by atoms with Crippen LogP contribution in [-0.2, 0) is 0 Å². The van der Waals surface area contributed by atoms with Crippen LogP contribution in [0.5, 0.6) is 0 Å².